The molecule has 0 fully saturated rings. The molecule has 106 valence electrons. The minimum atomic E-state index is -4.67. The minimum absolute atomic E-state index is 0.0779. The molecule has 3 N–H and O–H groups in total. The summed E-state index contributed by atoms with van der Waals surface area (Å²) in [7, 11) is 0. The number of rotatable bonds is 4. The second-order valence-electron chi connectivity index (χ2n) is 3.79. The lowest BCUT2D eigenvalue weighted by Gasteiger charge is -2.18. The van der Waals surface area contributed by atoms with E-state index in [0.717, 1.165) is 12.4 Å². The molecule has 0 bridgehead atoms. The summed E-state index contributed by atoms with van der Waals surface area (Å²) in [6, 6.07) is 0. The Bertz CT molecular complexity index is 436. The standard InChI is InChI=1S/C10H12F3N3O3/c1-5(17)14-4-7(18)8(19)6-2-15-9(16-3-6)10(11,12)13/h2-3,7-8,18-19H,4H2,1H3,(H,14,17). The van der Waals surface area contributed by atoms with Crippen molar-refractivity contribution in [3.63, 3.8) is 0 Å². The molecule has 0 saturated carbocycles. The van der Waals surface area contributed by atoms with E-state index >= 15 is 0 Å². The van der Waals surface area contributed by atoms with Crippen LogP contribution < -0.4 is 5.32 Å². The van der Waals surface area contributed by atoms with Gasteiger partial charge in [-0.3, -0.25) is 4.79 Å². The Hall–Kier alpha value is -1.74. The first-order valence-corrected chi connectivity index (χ1v) is 5.21. The van der Waals surface area contributed by atoms with Gasteiger partial charge in [0, 0.05) is 31.4 Å². The molecule has 0 aliphatic rings. The summed E-state index contributed by atoms with van der Waals surface area (Å²) < 4.78 is 36.6. The van der Waals surface area contributed by atoms with Crippen molar-refractivity contribution in [3.8, 4) is 0 Å². The normalized spacial score (nSPS) is 14.8. The van der Waals surface area contributed by atoms with Crippen LogP contribution in [0, 0.1) is 0 Å². The summed E-state index contributed by atoms with van der Waals surface area (Å²) in [6.07, 6.45) is -5.98. The summed E-state index contributed by atoms with van der Waals surface area (Å²) in [5, 5.41) is 21.4. The fourth-order valence-electron chi connectivity index (χ4n) is 1.22. The molecule has 0 aliphatic carbocycles. The molecule has 0 radical (unpaired) electrons. The highest BCUT2D eigenvalue weighted by Gasteiger charge is 2.34. The van der Waals surface area contributed by atoms with E-state index in [4.69, 9.17) is 0 Å². The molecule has 0 aromatic carbocycles. The molecule has 0 aliphatic heterocycles. The molecule has 1 rings (SSSR count). The molecule has 2 unspecified atom stereocenters. The molecule has 0 saturated heterocycles. The third kappa shape index (κ3) is 4.45. The molecular formula is C10H12F3N3O3. The van der Waals surface area contributed by atoms with E-state index in [0.29, 0.717) is 0 Å². The van der Waals surface area contributed by atoms with Crippen molar-refractivity contribution >= 4 is 5.91 Å². The van der Waals surface area contributed by atoms with Gasteiger partial charge in [0.2, 0.25) is 11.7 Å². The highest BCUT2D eigenvalue weighted by atomic mass is 19.4. The molecule has 19 heavy (non-hydrogen) atoms. The van der Waals surface area contributed by atoms with Crippen molar-refractivity contribution < 1.29 is 28.2 Å². The van der Waals surface area contributed by atoms with Crippen LogP contribution in [0.5, 0.6) is 0 Å². The zero-order valence-corrected chi connectivity index (χ0v) is 9.85. The fraction of sp³-hybridized carbons (Fsp3) is 0.500. The lowest BCUT2D eigenvalue weighted by atomic mass is 10.1. The first kappa shape index (κ1) is 15.3. The summed E-state index contributed by atoms with van der Waals surface area (Å²) in [5.41, 5.74) is -0.0779. The number of carbonyl (C=O) groups is 1. The molecule has 2 atom stereocenters. The van der Waals surface area contributed by atoms with Crippen molar-refractivity contribution in [2.75, 3.05) is 6.54 Å². The Kier molecular flexibility index (Phi) is 4.78. The Balaban J connectivity index is 2.72. The smallest absolute Gasteiger partial charge is 0.388 e. The lowest BCUT2D eigenvalue weighted by Crippen LogP contribution is -2.34. The highest BCUT2D eigenvalue weighted by molar-refractivity contribution is 5.72. The average Bonchev–Trinajstić information content (AvgIpc) is 2.34. The van der Waals surface area contributed by atoms with Crippen molar-refractivity contribution in [3.05, 3.63) is 23.8 Å². The first-order valence-electron chi connectivity index (χ1n) is 5.21. The maximum absolute atomic E-state index is 12.2. The van der Waals surface area contributed by atoms with Gasteiger partial charge in [-0.25, -0.2) is 9.97 Å². The van der Waals surface area contributed by atoms with Gasteiger partial charge in [-0.2, -0.15) is 13.2 Å². The van der Waals surface area contributed by atoms with Crippen molar-refractivity contribution in [1.29, 1.82) is 0 Å². The van der Waals surface area contributed by atoms with Crippen molar-refractivity contribution in [2.24, 2.45) is 0 Å². The SMILES string of the molecule is CC(=O)NCC(O)C(O)c1cnc(C(F)(F)F)nc1. The quantitative estimate of drug-likeness (QED) is 0.722. The number of hydrogen-bond donors (Lipinski definition) is 3. The summed E-state index contributed by atoms with van der Waals surface area (Å²) in [5.74, 6) is -1.74. The van der Waals surface area contributed by atoms with Crippen molar-refractivity contribution in [1.82, 2.24) is 15.3 Å². The number of aliphatic hydroxyl groups excluding tert-OH is 2. The van der Waals surface area contributed by atoms with E-state index in [1.807, 2.05) is 0 Å². The van der Waals surface area contributed by atoms with Crippen LogP contribution in [0.4, 0.5) is 13.2 Å². The van der Waals surface area contributed by atoms with Crippen LogP contribution in [-0.4, -0.2) is 38.7 Å². The Morgan fingerprint density at radius 2 is 1.89 bits per heavy atom. The van der Waals surface area contributed by atoms with Gasteiger partial charge in [-0.15, -0.1) is 0 Å². The largest absolute Gasteiger partial charge is 0.451 e. The van der Waals surface area contributed by atoms with E-state index in [9.17, 15) is 28.2 Å². The second-order valence-corrected chi connectivity index (χ2v) is 3.79. The minimum Gasteiger partial charge on any atom is -0.388 e. The molecule has 1 heterocycles. The van der Waals surface area contributed by atoms with Crippen LogP contribution in [0.1, 0.15) is 24.4 Å². The average molecular weight is 279 g/mol. The van der Waals surface area contributed by atoms with Gasteiger partial charge >= 0.3 is 6.18 Å². The van der Waals surface area contributed by atoms with Gasteiger partial charge in [-0.1, -0.05) is 0 Å². The lowest BCUT2D eigenvalue weighted by molar-refractivity contribution is -0.145. The maximum atomic E-state index is 12.2. The van der Waals surface area contributed by atoms with Crippen LogP contribution in [-0.2, 0) is 11.0 Å². The third-order valence-corrected chi connectivity index (χ3v) is 2.19. The first-order chi connectivity index (χ1) is 8.71. The number of nitrogens with one attached hydrogen (secondary N) is 1. The zero-order chi connectivity index (χ0) is 14.6. The van der Waals surface area contributed by atoms with Gasteiger partial charge in [0.1, 0.15) is 12.2 Å². The molecule has 1 amide bonds. The molecule has 1 aromatic rings. The van der Waals surface area contributed by atoms with Crippen LogP contribution in [0.25, 0.3) is 0 Å². The van der Waals surface area contributed by atoms with Crippen molar-refractivity contribution in [2.45, 2.75) is 25.3 Å². The van der Waals surface area contributed by atoms with Gasteiger partial charge in [0.25, 0.3) is 0 Å². The fourth-order valence-corrected chi connectivity index (χ4v) is 1.22. The van der Waals surface area contributed by atoms with E-state index in [-0.39, 0.29) is 12.1 Å². The molecule has 1 aromatic heterocycles. The molecule has 6 nitrogen and oxygen atoms in total. The summed E-state index contributed by atoms with van der Waals surface area (Å²) in [6.45, 7) is 0.984. The number of aliphatic hydroxyl groups is 2. The topological polar surface area (TPSA) is 95.3 Å². The predicted molar refractivity (Wildman–Crippen MR) is 56.7 cm³/mol. The van der Waals surface area contributed by atoms with Gasteiger partial charge in [0.05, 0.1) is 0 Å². The maximum Gasteiger partial charge on any atom is 0.451 e. The van der Waals surface area contributed by atoms with E-state index in [2.05, 4.69) is 15.3 Å². The van der Waals surface area contributed by atoms with Gasteiger partial charge in [-0.05, 0) is 0 Å². The number of halogens is 3. The van der Waals surface area contributed by atoms with E-state index in [1.54, 1.807) is 0 Å². The number of nitrogens with zero attached hydrogens (tertiary/aromatic N) is 2. The Morgan fingerprint density at radius 1 is 1.37 bits per heavy atom. The monoisotopic (exact) mass is 279 g/mol. The van der Waals surface area contributed by atoms with Crippen LogP contribution in [0.3, 0.4) is 0 Å². The zero-order valence-electron chi connectivity index (χ0n) is 9.85. The van der Waals surface area contributed by atoms with Crippen LogP contribution in [0.15, 0.2) is 12.4 Å². The Morgan fingerprint density at radius 3 is 2.32 bits per heavy atom. The van der Waals surface area contributed by atoms with Gasteiger partial charge < -0.3 is 15.5 Å². The summed E-state index contributed by atoms with van der Waals surface area (Å²) in [4.78, 5) is 16.7. The number of carbonyl (C=O) groups excluding carboxylic acids is 1. The molecular weight excluding hydrogens is 267 g/mol. The third-order valence-electron chi connectivity index (χ3n) is 2.19. The number of hydrogen-bond acceptors (Lipinski definition) is 5. The summed E-state index contributed by atoms with van der Waals surface area (Å²) >= 11 is 0. The number of aromatic nitrogens is 2. The second kappa shape index (κ2) is 5.93. The van der Waals surface area contributed by atoms with E-state index < -0.39 is 30.1 Å². The molecule has 0 spiro atoms. The van der Waals surface area contributed by atoms with Gasteiger partial charge in [0.15, 0.2) is 0 Å². The number of amides is 1. The van der Waals surface area contributed by atoms with E-state index in [1.165, 1.54) is 6.92 Å². The highest BCUT2D eigenvalue weighted by Crippen LogP contribution is 2.26. The number of alkyl halides is 3. The Labute approximate surface area is 106 Å². The van der Waals surface area contributed by atoms with Crippen LogP contribution in [0.2, 0.25) is 0 Å². The molecule has 9 heteroatoms. The van der Waals surface area contributed by atoms with Crippen LogP contribution >= 0.6 is 0 Å². The predicted octanol–water partition coefficient (Wildman–Crippen LogP) is 0.0258.